The average molecular weight is 534 g/mol. The molecule has 0 bridgehead atoms. The molecule has 3 N–H and O–H groups in total. The Labute approximate surface area is 224 Å². The third kappa shape index (κ3) is 5.49. The maximum atomic E-state index is 12.9. The topological polar surface area (TPSA) is 98.4 Å². The molecule has 0 unspecified atom stereocenters. The molecule has 0 radical (unpaired) electrons. The van der Waals surface area contributed by atoms with Gasteiger partial charge in [0.2, 0.25) is 5.95 Å². The Balaban J connectivity index is 1.42. The highest BCUT2D eigenvalue weighted by atomic mass is 31.2. The lowest BCUT2D eigenvalue weighted by atomic mass is 10.0. The van der Waals surface area contributed by atoms with Crippen LogP contribution in [0.4, 0.5) is 28.8 Å². The van der Waals surface area contributed by atoms with E-state index >= 15 is 0 Å². The van der Waals surface area contributed by atoms with Crippen LogP contribution in [0.3, 0.4) is 0 Å². The Morgan fingerprint density at radius 1 is 1.03 bits per heavy atom. The zero-order valence-corrected chi connectivity index (χ0v) is 23.5. The molecule has 1 saturated heterocycles. The third-order valence-electron chi connectivity index (χ3n) is 7.13. The number of aromatic nitrogens is 3. The minimum absolute atomic E-state index is 0.436. The van der Waals surface area contributed by atoms with Crippen LogP contribution in [0.2, 0.25) is 0 Å². The standard InChI is InChI=1S/C28H36N7O2P/c1-34(2)19-13-16-35(17-14-19)20-10-11-21(24(18-20)37-3)31-28-32-23-12-15-29-26(23)27(33-28)30-22-8-6-7-9-25(22)38(4,5)36/h6-12,15,18-19,29H,13-14,16-17H2,1-5H3,(H2,30,31,32,33). The monoisotopic (exact) mass is 533 g/mol. The normalized spacial score (nSPS) is 14.7. The van der Waals surface area contributed by atoms with Crippen molar-refractivity contribution in [2.45, 2.75) is 18.9 Å². The first kappa shape index (κ1) is 26.1. The van der Waals surface area contributed by atoms with Crippen molar-refractivity contribution in [1.29, 1.82) is 0 Å². The van der Waals surface area contributed by atoms with Crippen molar-refractivity contribution in [2.75, 3.05) is 63.2 Å². The quantitative estimate of drug-likeness (QED) is 0.265. The molecule has 2 aromatic heterocycles. The number of hydrogen-bond donors (Lipinski definition) is 3. The smallest absolute Gasteiger partial charge is 0.229 e. The summed E-state index contributed by atoms with van der Waals surface area (Å²) in [5.74, 6) is 1.77. The van der Waals surface area contributed by atoms with Crippen molar-refractivity contribution in [3.8, 4) is 5.75 Å². The molecule has 0 aliphatic carbocycles. The molecule has 0 amide bonds. The maximum Gasteiger partial charge on any atom is 0.229 e. The molecule has 9 nitrogen and oxygen atoms in total. The number of piperidine rings is 1. The first-order chi connectivity index (χ1) is 18.2. The van der Waals surface area contributed by atoms with Gasteiger partial charge in [0.05, 0.1) is 24.0 Å². The summed E-state index contributed by atoms with van der Waals surface area (Å²) in [6, 6.07) is 16.4. The number of ether oxygens (including phenoxy) is 1. The molecule has 200 valence electrons. The molecule has 0 atom stereocenters. The van der Waals surface area contributed by atoms with Crippen molar-refractivity contribution in [2.24, 2.45) is 0 Å². The van der Waals surface area contributed by atoms with Crippen LogP contribution < -0.4 is 25.6 Å². The van der Waals surface area contributed by atoms with E-state index in [0.717, 1.165) is 65.1 Å². The third-order valence-corrected chi connectivity index (χ3v) is 8.68. The Hall–Kier alpha value is -3.55. The predicted octanol–water partition coefficient (Wildman–Crippen LogP) is 5.23. The van der Waals surface area contributed by atoms with Gasteiger partial charge in [0, 0.05) is 42.4 Å². The second-order valence-corrected chi connectivity index (χ2v) is 13.5. The van der Waals surface area contributed by atoms with Gasteiger partial charge in [-0.05, 0) is 70.6 Å². The van der Waals surface area contributed by atoms with Crippen LogP contribution in [0.25, 0.3) is 11.0 Å². The second-order valence-electron chi connectivity index (χ2n) is 10.3. The van der Waals surface area contributed by atoms with E-state index in [2.05, 4.69) is 51.6 Å². The van der Waals surface area contributed by atoms with Crippen molar-refractivity contribution in [3.63, 3.8) is 0 Å². The number of para-hydroxylation sites is 1. The average Bonchev–Trinajstić information content (AvgIpc) is 3.38. The number of benzene rings is 2. The van der Waals surface area contributed by atoms with Crippen LogP contribution in [0.5, 0.6) is 5.75 Å². The molecule has 5 rings (SSSR count). The summed E-state index contributed by atoms with van der Waals surface area (Å²) in [7, 11) is 3.49. The highest BCUT2D eigenvalue weighted by Crippen LogP contribution is 2.39. The summed E-state index contributed by atoms with van der Waals surface area (Å²) in [5.41, 5.74) is 4.23. The number of nitrogens with zero attached hydrogens (tertiary/aromatic N) is 4. The van der Waals surface area contributed by atoms with E-state index in [4.69, 9.17) is 14.7 Å². The van der Waals surface area contributed by atoms with Crippen LogP contribution in [0.1, 0.15) is 12.8 Å². The van der Waals surface area contributed by atoms with Gasteiger partial charge in [-0.1, -0.05) is 12.1 Å². The van der Waals surface area contributed by atoms with E-state index in [1.54, 1.807) is 20.4 Å². The highest BCUT2D eigenvalue weighted by Gasteiger charge is 2.22. The molecule has 10 heteroatoms. The van der Waals surface area contributed by atoms with Crippen molar-refractivity contribution in [1.82, 2.24) is 19.9 Å². The van der Waals surface area contributed by atoms with Gasteiger partial charge in [-0.15, -0.1) is 0 Å². The van der Waals surface area contributed by atoms with E-state index in [-0.39, 0.29) is 0 Å². The molecule has 1 aliphatic rings. The molecule has 1 aliphatic heterocycles. The van der Waals surface area contributed by atoms with Gasteiger partial charge in [-0.2, -0.15) is 4.98 Å². The van der Waals surface area contributed by atoms with Crippen molar-refractivity contribution < 1.29 is 9.30 Å². The minimum atomic E-state index is -2.50. The largest absolute Gasteiger partial charge is 0.494 e. The Morgan fingerprint density at radius 3 is 2.50 bits per heavy atom. The van der Waals surface area contributed by atoms with Gasteiger partial charge in [-0.25, -0.2) is 4.98 Å². The number of fused-ring (bicyclic) bond motifs is 1. The molecule has 2 aromatic carbocycles. The fourth-order valence-electron chi connectivity index (χ4n) is 5.01. The second kappa shape index (κ2) is 10.7. The van der Waals surface area contributed by atoms with Gasteiger partial charge in [0.1, 0.15) is 18.4 Å². The summed E-state index contributed by atoms with van der Waals surface area (Å²) in [4.78, 5) is 17.4. The summed E-state index contributed by atoms with van der Waals surface area (Å²) in [6.45, 7) is 5.58. The summed E-state index contributed by atoms with van der Waals surface area (Å²) < 4.78 is 18.6. The summed E-state index contributed by atoms with van der Waals surface area (Å²) in [5, 5.41) is 7.52. The molecule has 0 spiro atoms. The number of hydrogen-bond acceptors (Lipinski definition) is 8. The summed E-state index contributed by atoms with van der Waals surface area (Å²) in [6.07, 6.45) is 4.12. The number of aromatic amines is 1. The van der Waals surface area contributed by atoms with E-state index in [0.29, 0.717) is 17.8 Å². The van der Waals surface area contributed by atoms with Crippen LogP contribution >= 0.6 is 7.14 Å². The van der Waals surface area contributed by atoms with E-state index in [1.165, 1.54) is 0 Å². The lowest BCUT2D eigenvalue weighted by Crippen LogP contribution is -2.41. The Kier molecular flexibility index (Phi) is 7.32. The fraction of sp³-hybridized carbons (Fsp3) is 0.357. The van der Waals surface area contributed by atoms with Gasteiger partial charge >= 0.3 is 0 Å². The molecular formula is C28H36N7O2P. The summed E-state index contributed by atoms with van der Waals surface area (Å²) >= 11 is 0. The van der Waals surface area contributed by atoms with Crippen molar-refractivity contribution in [3.05, 3.63) is 54.7 Å². The lowest BCUT2D eigenvalue weighted by molar-refractivity contribution is 0.249. The van der Waals surface area contributed by atoms with Gasteiger partial charge in [0.15, 0.2) is 5.82 Å². The van der Waals surface area contributed by atoms with Gasteiger partial charge < -0.3 is 34.7 Å². The highest BCUT2D eigenvalue weighted by molar-refractivity contribution is 7.70. The van der Waals surface area contributed by atoms with E-state index in [1.807, 2.05) is 42.6 Å². The molecular weight excluding hydrogens is 497 g/mol. The maximum absolute atomic E-state index is 12.9. The number of rotatable bonds is 8. The first-order valence-corrected chi connectivity index (χ1v) is 15.5. The van der Waals surface area contributed by atoms with Gasteiger partial charge in [0.25, 0.3) is 0 Å². The number of anilines is 5. The van der Waals surface area contributed by atoms with Crippen LogP contribution in [0.15, 0.2) is 54.7 Å². The SMILES string of the molecule is COc1cc(N2CCC(N(C)C)CC2)ccc1Nc1nc(Nc2ccccc2P(C)(C)=O)c2[nH]ccc2n1. The number of H-pyrrole nitrogens is 1. The first-order valence-electron chi connectivity index (χ1n) is 12.9. The number of methoxy groups -OCH3 is 1. The molecule has 38 heavy (non-hydrogen) atoms. The minimum Gasteiger partial charge on any atom is -0.494 e. The molecule has 3 heterocycles. The predicted molar refractivity (Wildman–Crippen MR) is 158 cm³/mol. The zero-order valence-electron chi connectivity index (χ0n) is 22.7. The van der Waals surface area contributed by atoms with Crippen LogP contribution in [-0.2, 0) is 4.57 Å². The Morgan fingerprint density at radius 2 is 1.79 bits per heavy atom. The zero-order chi connectivity index (χ0) is 26.9. The van der Waals surface area contributed by atoms with Crippen LogP contribution in [0, 0.1) is 0 Å². The Bertz CT molecular complexity index is 1470. The van der Waals surface area contributed by atoms with E-state index in [9.17, 15) is 4.57 Å². The lowest BCUT2D eigenvalue weighted by Gasteiger charge is -2.36. The van der Waals surface area contributed by atoms with Crippen LogP contribution in [-0.4, -0.2) is 73.5 Å². The van der Waals surface area contributed by atoms with E-state index < -0.39 is 7.14 Å². The molecule has 0 saturated carbocycles. The van der Waals surface area contributed by atoms with Crippen molar-refractivity contribution >= 4 is 52.3 Å². The molecule has 1 fully saturated rings. The number of nitrogens with one attached hydrogen (secondary N) is 3. The van der Waals surface area contributed by atoms with Gasteiger partial charge in [-0.3, -0.25) is 0 Å². The fourth-order valence-corrected chi connectivity index (χ4v) is 6.16. The molecule has 4 aromatic rings.